The molecule has 23 heavy (non-hydrogen) atoms. The number of benzene rings is 1. The fourth-order valence-electron chi connectivity index (χ4n) is 2.67. The minimum atomic E-state index is -0.425. The summed E-state index contributed by atoms with van der Waals surface area (Å²) in [5, 5.41) is 19.0. The van der Waals surface area contributed by atoms with Gasteiger partial charge in [-0.25, -0.2) is 4.79 Å². The first kappa shape index (κ1) is 17.0. The van der Waals surface area contributed by atoms with Gasteiger partial charge in [-0.05, 0) is 19.4 Å². The molecule has 124 valence electrons. The monoisotopic (exact) mass is 317 g/mol. The van der Waals surface area contributed by atoms with Crippen LogP contribution in [-0.4, -0.2) is 29.4 Å². The van der Waals surface area contributed by atoms with E-state index in [1.165, 1.54) is 0 Å². The van der Waals surface area contributed by atoms with Crippen LogP contribution in [0.5, 0.6) is 0 Å². The summed E-state index contributed by atoms with van der Waals surface area (Å²) in [6.45, 7) is 6.06. The Balaban J connectivity index is 1.89. The van der Waals surface area contributed by atoms with Crippen LogP contribution in [0.25, 0.3) is 0 Å². The van der Waals surface area contributed by atoms with Crippen LogP contribution in [0.15, 0.2) is 34.9 Å². The van der Waals surface area contributed by atoms with E-state index in [-0.39, 0.29) is 18.6 Å². The molecule has 2 atom stereocenters. The molecule has 2 amide bonds. The van der Waals surface area contributed by atoms with Crippen LogP contribution in [-0.2, 0) is 0 Å². The van der Waals surface area contributed by atoms with Crippen LogP contribution in [0.4, 0.5) is 4.79 Å². The van der Waals surface area contributed by atoms with Crippen LogP contribution in [0.3, 0.4) is 0 Å². The summed E-state index contributed by atoms with van der Waals surface area (Å²) in [6, 6.07) is 8.64. The zero-order valence-electron chi connectivity index (χ0n) is 13.7. The number of aliphatic hydroxyl groups is 1. The number of aryl methyl sites for hydroxylation is 2. The van der Waals surface area contributed by atoms with E-state index in [0.29, 0.717) is 6.54 Å². The Hall–Kier alpha value is -2.34. The summed E-state index contributed by atoms with van der Waals surface area (Å²) in [7, 11) is 0. The van der Waals surface area contributed by atoms with E-state index in [0.717, 1.165) is 22.6 Å². The summed E-state index contributed by atoms with van der Waals surface area (Å²) in [5.41, 5.74) is 2.73. The maximum Gasteiger partial charge on any atom is 0.315 e. The molecule has 1 aromatic carbocycles. The average Bonchev–Trinajstić information content (AvgIpc) is 2.90. The van der Waals surface area contributed by atoms with E-state index in [2.05, 4.69) is 15.8 Å². The third kappa shape index (κ3) is 4.32. The van der Waals surface area contributed by atoms with Crippen molar-refractivity contribution in [3.63, 3.8) is 0 Å². The number of aliphatic hydroxyl groups excluding tert-OH is 1. The second-order valence-corrected chi connectivity index (χ2v) is 5.64. The number of nitrogens with one attached hydrogen (secondary N) is 2. The topological polar surface area (TPSA) is 87.4 Å². The Labute approximate surface area is 135 Å². The van der Waals surface area contributed by atoms with Crippen molar-refractivity contribution in [3.8, 4) is 0 Å². The molecule has 0 bridgehead atoms. The van der Waals surface area contributed by atoms with Crippen molar-refractivity contribution in [1.29, 1.82) is 0 Å². The number of carbonyl (C=O) groups excluding carboxylic acids is 1. The van der Waals surface area contributed by atoms with Gasteiger partial charge in [-0.3, -0.25) is 0 Å². The van der Waals surface area contributed by atoms with Crippen molar-refractivity contribution in [2.75, 3.05) is 13.2 Å². The lowest BCUT2D eigenvalue weighted by Gasteiger charge is -2.18. The summed E-state index contributed by atoms with van der Waals surface area (Å²) in [6.07, 6.45) is 0. The lowest BCUT2D eigenvalue weighted by atomic mass is 10.00. The molecule has 0 aliphatic rings. The third-order valence-electron chi connectivity index (χ3n) is 3.84. The minimum absolute atomic E-state index is 0.0938. The van der Waals surface area contributed by atoms with Crippen LogP contribution in [0, 0.1) is 13.8 Å². The van der Waals surface area contributed by atoms with E-state index in [9.17, 15) is 9.90 Å². The van der Waals surface area contributed by atoms with Crippen molar-refractivity contribution in [3.05, 3.63) is 52.9 Å². The first-order chi connectivity index (χ1) is 11.0. The number of rotatable bonds is 6. The van der Waals surface area contributed by atoms with Crippen molar-refractivity contribution in [2.24, 2.45) is 0 Å². The molecule has 0 saturated carbocycles. The molecule has 0 aliphatic carbocycles. The first-order valence-electron chi connectivity index (χ1n) is 7.65. The third-order valence-corrected chi connectivity index (χ3v) is 3.84. The number of carbonyl (C=O) groups is 1. The van der Waals surface area contributed by atoms with Gasteiger partial charge in [-0.2, -0.15) is 0 Å². The fraction of sp³-hybridized carbons (Fsp3) is 0.412. The van der Waals surface area contributed by atoms with Crippen molar-refractivity contribution in [1.82, 2.24) is 15.8 Å². The van der Waals surface area contributed by atoms with Gasteiger partial charge >= 0.3 is 6.03 Å². The number of urea groups is 1. The Morgan fingerprint density at radius 3 is 2.57 bits per heavy atom. The standard InChI is InChI=1S/C17H23N3O3/c1-11(16-12(2)20-23-13(16)3)9-18-17(22)19-15(10-21)14-7-5-4-6-8-14/h4-8,11,15,21H,9-10H2,1-3H3,(H2,18,19,22)/t11-,15-/m0/s1. The SMILES string of the molecule is Cc1noc(C)c1[C@@H](C)CNC(=O)N[C@@H](CO)c1ccccc1. The van der Waals surface area contributed by atoms with Gasteiger partial charge in [0, 0.05) is 18.0 Å². The van der Waals surface area contributed by atoms with Gasteiger partial charge in [-0.1, -0.05) is 42.4 Å². The van der Waals surface area contributed by atoms with Gasteiger partial charge in [0.05, 0.1) is 18.3 Å². The van der Waals surface area contributed by atoms with Gasteiger partial charge in [0.25, 0.3) is 0 Å². The normalized spacial score (nSPS) is 13.4. The fourth-order valence-corrected chi connectivity index (χ4v) is 2.67. The molecule has 6 nitrogen and oxygen atoms in total. The van der Waals surface area contributed by atoms with Crippen molar-refractivity contribution >= 4 is 6.03 Å². The van der Waals surface area contributed by atoms with Gasteiger partial charge in [-0.15, -0.1) is 0 Å². The molecule has 0 unspecified atom stereocenters. The van der Waals surface area contributed by atoms with Crippen LogP contribution >= 0.6 is 0 Å². The van der Waals surface area contributed by atoms with Crippen LogP contribution in [0.2, 0.25) is 0 Å². The minimum Gasteiger partial charge on any atom is -0.394 e. The van der Waals surface area contributed by atoms with Gasteiger partial charge < -0.3 is 20.3 Å². The molecule has 0 spiro atoms. The molecule has 1 aromatic heterocycles. The highest BCUT2D eigenvalue weighted by molar-refractivity contribution is 5.74. The molecule has 2 aromatic rings. The summed E-state index contributed by atoms with van der Waals surface area (Å²) >= 11 is 0. The van der Waals surface area contributed by atoms with E-state index in [1.807, 2.05) is 51.1 Å². The first-order valence-corrected chi connectivity index (χ1v) is 7.65. The Kier molecular flexibility index (Phi) is 5.76. The number of aromatic nitrogens is 1. The Morgan fingerprint density at radius 2 is 2.00 bits per heavy atom. The van der Waals surface area contributed by atoms with Crippen molar-refractivity contribution in [2.45, 2.75) is 32.7 Å². The largest absolute Gasteiger partial charge is 0.394 e. The molecular formula is C17H23N3O3. The molecule has 1 heterocycles. The highest BCUT2D eigenvalue weighted by atomic mass is 16.5. The zero-order valence-corrected chi connectivity index (χ0v) is 13.7. The van der Waals surface area contributed by atoms with Gasteiger partial charge in [0.1, 0.15) is 5.76 Å². The number of amides is 2. The highest BCUT2D eigenvalue weighted by Crippen LogP contribution is 2.22. The van der Waals surface area contributed by atoms with E-state index >= 15 is 0 Å². The van der Waals surface area contributed by atoms with Crippen molar-refractivity contribution < 1.29 is 14.4 Å². The zero-order chi connectivity index (χ0) is 16.8. The molecule has 2 rings (SSSR count). The lowest BCUT2D eigenvalue weighted by Crippen LogP contribution is -2.40. The molecular weight excluding hydrogens is 294 g/mol. The summed E-state index contributed by atoms with van der Waals surface area (Å²) in [4.78, 5) is 12.1. The van der Waals surface area contributed by atoms with E-state index in [4.69, 9.17) is 4.52 Å². The molecule has 0 radical (unpaired) electrons. The van der Waals surface area contributed by atoms with Gasteiger partial charge in [0.15, 0.2) is 0 Å². The number of hydrogen-bond acceptors (Lipinski definition) is 4. The summed E-state index contributed by atoms with van der Waals surface area (Å²) in [5.74, 6) is 0.867. The van der Waals surface area contributed by atoms with Gasteiger partial charge in [0.2, 0.25) is 0 Å². The molecule has 6 heteroatoms. The van der Waals surface area contributed by atoms with Crippen LogP contribution in [0.1, 0.15) is 41.5 Å². The molecule has 0 saturated heterocycles. The predicted molar refractivity (Wildman–Crippen MR) is 87.2 cm³/mol. The highest BCUT2D eigenvalue weighted by Gasteiger charge is 2.18. The predicted octanol–water partition coefficient (Wildman–Crippen LogP) is 2.43. The van der Waals surface area contributed by atoms with E-state index in [1.54, 1.807) is 0 Å². The quantitative estimate of drug-likeness (QED) is 0.763. The maximum atomic E-state index is 12.1. The second-order valence-electron chi connectivity index (χ2n) is 5.64. The average molecular weight is 317 g/mol. The summed E-state index contributed by atoms with van der Waals surface area (Å²) < 4.78 is 5.15. The van der Waals surface area contributed by atoms with Crippen LogP contribution < -0.4 is 10.6 Å². The molecule has 0 fully saturated rings. The number of nitrogens with zero attached hydrogens (tertiary/aromatic N) is 1. The number of hydrogen-bond donors (Lipinski definition) is 3. The smallest absolute Gasteiger partial charge is 0.315 e. The molecule has 0 aliphatic heterocycles. The Morgan fingerprint density at radius 1 is 1.30 bits per heavy atom. The maximum absolute atomic E-state index is 12.1. The van der Waals surface area contributed by atoms with E-state index < -0.39 is 6.04 Å². The Bertz CT molecular complexity index is 620. The molecule has 3 N–H and O–H groups in total. The second kappa shape index (κ2) is 7.78. The lowest BCUT2D eigenvalue weighted by molar-refractivity contribution is 0.216.